The van der Waals surface area contributed by atoms with Crippen molar-refractivity contribution in [2.75, 3.05) is 0 Å². The molecule has 0 bridgehead atoms. The molecule has 158 valence electrons. The fourth-order valence-corrected chi connectivity index (χ4v) is 6.38. The summed E-state index contributed by atoms with van der Waals surface area (Å²) in [5.41, 5.74) is 11.1. The fraction of sp³-hybridized carbons (Fsp3) is 0.0588. The Hall–Kier alpha value is -4.16. The van der Waals surface area contributed by atoms with Crippen molar-refractivity contribution >= 4 is 44.8 Å². The van der Waals surface area contributed by atoms with Crippen LogP contribution in [-0.4, -0.2) is 0 Å². The molecule has 0 heterocycles. The number of hydrogen-bond donors (Lipinski definition) is 0. The molecule has 8 rings (SSSR count). The van der Waals surface area contributed by atoms with Crippen LogP contribution in [0.2, 0.25) is 0 Å². The Labute approximate surface area is 198 Å². The van der Waals surface area contributed by atoms with Crippen molar-refractivity contribution in [3.05, 3.63) is 141 Å². The first-order chi connectivity index (χ1) is 16.9. The summed E-state index contributed by atoms with van der Waals surface area (Å²) >= 11 is 0. The molecule has 0 amide bonds. The molecule has 0 atom stereocenters. The summed E-state index contributed by atoms with van der Waals surface area (Å²) in [7, 11) is 0. The van der Waals surface area contributed by atoms with Gasteiger partial charge in [0.05, 0.1) is 0 Å². The Morgan fingerprint density at radius 2 is 1.47 bits per heavy atom. The third-order valence-electron chi connectivity index (χ3n) is 7.95. The minimum absolute atomic E-state index is 0.983. The maximum atomic E-state index is 2.38. The van der Waals surface area contributed by atoms with E-state index in [0.29, 0.717) is 0 Å². The Morgan fingerprint density at radius 3 is 2.47 bits per heavy atom. The highest BCUT2D eigenvalue weighted by Gasteiger charge is 2.21. The number of rotatable bonds is 1. The van der Waals surface area contributed by atoms with Gasteiger partial charge in [-0.2, -0.15) is 0 Å². The van der Waals surface area contributed by atoms with Crippen LogP contribution in [0.4, 0.5) is 0 Å². The SMILES string of the molecule is C1=CC2=CCc3c(ccc4c(C5=c6ccc7c8c(ccc7c6CC=C5)=CC=C8)cccc34)C2=C1. The van der Waals surface area contributed by atoms with Gasteiger partial charge in [-0.15, -0.1) is 0 Å². The lowest BCUT2D eigenvalue weighted by Gasteiger charge is -2.21. The van der Waals surface area contributed by atoms with E-state index in [-0.39, 0.29) is 0 Å². The minimum atomic E-state index is 0.983. The molecule has 0 saturated carbocycles. The van der Waals surface area contributed by atoms with E-state index >= 15 is 0 Å². The Balaban J connectivity index is 1.41. The van der Waals surface area contributed by atoms with Gasteiger partial charge in [0.1, 0.15) is 0 Å². The third kappa shape index (κ3) is 2.38. The summed E-state index contributed by atoms with van der Waals surface area (Å²) in [4.78, 5) is 0. The van der Waals surface area contributed by atoms with Crippen molar-refractivity contribution in [1.29, 1.82) is 0 Å². The van der Waals surface area contributed by atoms with Gasteiger partial charge in [-0.3, -0.25) is 0 Å². The number of benzene rings is 4. The number of hydrogen-bond acceptors (Lipinski definition) is 0. The van der Waals surface area contributed by atoms with Gasteiger partial charge in [-0.1, -0.05) is 109 Å². The van der Waals surface area contributed by atoms with Crippen LogP contribution in [-0.2, 0) is 12.8 Å². The lowest BCUT2D eigenvalue weighted by Crippen LogP contribution is -2.17. The first kappa shape index (κ1) is 18.3. The van der Waals surface area contributed by atoms with Gasteiger partial charge in [-0.25, -0.2) is 0 Å². The predicted octanol–water partition coefficient (Wildman–Crippen LogP) is 6.55. The van der Waals surface area contributed by atoms with E-state index in [1.807, 2.05) is 0 Å². The standard InChI is InChI=1S/C34H22/c1-5-21-13-15-31-27-11-3-9-25(33(27)19-17-29(31)23(21)7-1)26-10-4-12-28-32-16-14-22-6-2-8-24(22)30(32)18-20-34(26)28/h1-11,13-14,16-20H,12,15H2. The molecular formula is C34H22. The Kier molecular flexibility index (Phi) is 3.59. The van der Waals surface area contributed by atoms with E-state index < -0.39 is 0 Å². The molecule has 0 nitrogen and oxygen atoms in total. The van der Waals surface area contributed by atoms with E-state index in [2.05, 4.69) is 109 Å². The van der Waals surface area contributed by atoms with Crippen molar-refractivity contribution in [1.82, 2.24) is 0 Å². The van der Waals surface area contributed by atoms with Crippen LogP contribution in [0, 0.1) is 0 Å². The lowest BCUT2D eigenvalue weighted by molar-refractivity contribution is 1.23. The monoisotopic (exact) mass is 430 g/mol. The maximum Gasteiger partial charge on any atom is -0.00759 e. The highest BCUT2D eigenvalue weighted by atomic mass is 14.2. The lowest BCUT2D eigenvalue weighted by atomic mass is 9.83. The van der Waals surface area contributed by atoms with Crippen LogP contribution in [0.5, 0.6) is 0 Å². The Morgan fingerprint density at radius 1 is 0.588 bits per heavy atom. The van der Waals surface area contributed by atoms with Crippen LogP contribution in [0.1, 0.15) is 27.8 Å². The molecule has 4 aromatic carbocycles. The first-order valence-electron chi connectivity index (χ1n) is 12.1. The molecule has 4 aliphatic carbocycles. The van der Waals surface area contributed by atoms with Crippen molar-refractivity contribution < 1.29 is 0 Å². The summed E-state index contributed by atoms with van der Waals surface area (Å²) in [5.74, 6) is 0. The second-order valence-electron chi connectivity index (χ2n) is 9.60. The van der Waals surface area contributed by atoms with Crippen molar-refractivity contribution in [3.63, 3.8) is 0 Å². The summed E-state index contributed by atoms with van der Waals surface area (Å²) in [6, 6.07) is 20.8. The molecule has 4 aliphatic rings. The summed E-state index contributed by atoms with van der Waals surface area (Å²) in [5, 5.41) is 8.18. The summed E-state index contributed by atoms with van der Waals surface area (Å²) in [6.45, 7) is 0. The second kappa shape index (κ2) is 6.68. The number of fused-ring (bicyclic) bond motifs is 10. The second-order valence-corrected chi connectivity index (χ2v) is 9.60. The molecule has 0 spiro atoms. The normalized spacial score (nSPS) is 16.8. The van der Waals surface area contributed by atoms with Gasteiger partial charge in [-0.05, 0) is 89.4 Å². The molecule has 0 radical (unpaired) electrons. The van der Waals surface area contributed by atoms with Gasteiger partial charge in [0.15, 0.2) is 0 Å². The van der Waals surface area contributed by atoms with Gasteiger partial charge in [0, 0.05) is 0 Å². The van der Waals surface area contributed by atoms with E-state index in [9.17, 15) is 0 Å². The van der Waals surface area contributed by atoms with Gasteiger partial charge in [0.2, 0.25) is 0 Å². The highest BCUT2D eigenvalue weighted by molar-refractivity contribution is 6.03. The molecule has 4 aromatic rings. The minimum Gasteiger partial charge on any atom is -0.0795 e. The average Bonchev–Trinajstić information content (AvgIpc) is 3.57. The zero-order valence-corrected chi connectivity index (χ0v) is 18.8. The number of allylic oxidation sites excluding steroid dienone is 9. The van der Waals surface area contributed by atoms with Crippen LogP contribution >= 0.6 is 0 Å². The Bertz CT molecular complexity index is 1880. The van der Waals surface area contributed by atoms with E-state index in [1.165, 1.54) is 76.5 Å². The molecule has 0 N–H and O–H groups in total. The topological polar surface area (TPSA) is 0 Å². The average molecular weight is 431 g/mol. The van der Waals surface area contributed by atoms with Gasteiger partial charge >= 0.3 is 0 Å². The van der Waals surface area contributed by atoms with Gasteiger partial charge in [0.25, 0.3) is 0 Å². The van der Waals surface area contributed by atoms with Gasteiger partial charge < -0.3 is 0 Å². The molecule has 0 heteroatoms. The molecule has 0 aromatic heterocycles. The molecular weight excluding hydrogens is 408 g/mol. The zero-order valence-electron chi connectivity index (χ0n) is 18.8. The third-order valence-corrected chi connectivity index (χ3v) is 7.95. The molecule has 0 unspecified atom stereocenters. The van der Waals surface area contributed by atoms with Crippen LogP contribution in [0.25, 0.3) is 44.8 Å². The predicted molar refractivity (Wildman–Crippen MR) is 145 cm³/mol. The molecule has 34 heavy (non-hydrogen) atoms. The molecule has 0 saturated heterocycles. The zero-order chi connectivity index (χ0) is 22.2. The molecule has 0 fully saturated rings. The largest absolute Gasteiger partial charge is 0.0795 e. The first-order valence-corrected chi connectivity index (χ1v) is 12.1. The smallest absolute Gasteiger partial charge is 0.00759 e. The van der Waals surface area contributed by atoms with Crippen LogP contribution < -0.4 is 10.4 Å². The summed E-state index contributed by atoms with van der Waals surface area (Å²) < 4.78 is 0. The molecule has 0 aliphatic heterocycles. The van der Waals surface area contributed by atoms with Crippen LogP contribution in [0.3, 0.4) is 0 Å². The maximum absolute atomic E-state index is 2.38. The van der Waals surface area contributed by atoms with E-state index in [4.69, 9.17) is 0 Å². The van der Waals surface area contributed by atoms with Crippen LogP contribution in [0.15, 0.2) is 103 Å². The highest BCUT2D eigenvalue weighted by Crippen LogP contribution is 2.40. The van der Waals surface area contributed by atoms with E-state index in [1.54, 1.807) is 0 Å². The fourth-order valence-electron chi connectivity index (χ4n) is 6.38. The van der Waals surface area contributed by atoms with Crippen molar-refractivity contribution in [3.8, 4) is 0 Å². The van der Waals surface area contributed by atoms with Crippen molar-refractivity contribution in [2.24, 2.45) is 0 Å². The quantitative estimate of drug-likeness (QED) is 0.321. The van der Waals surface area contributed by atoms with E-state index in [0.717, 1.165) is 12.8 Å². The van der Waals surface area contributed by atoms with Crippen molar-refractivity contribution in [2.45, 2.75) is 12.8 Å². The summed E-state index contributed by atoms with van der Waals surface area (Å²) in [6.07, 6.45) is 22.3.